The molecule has 3 rings (SSSR count). The summed E-state index contributed by atoms with van der Waals surface area (Å²) in [5.74, 6) is 0. The van der Waals surface area contributed by atoms with Crippen molar-refractivity contribution in [3.63, 3.8) is 0 Å². The molecule has 4 heteroatoms. The number of nitrogens with zero attached hydrogens (tertiary/aromatic N) is 3. The molecule has 0 atom stereocenters. The van der Waals surface area contributed by atoms with Crippen LogP contribution in [-0.2, 0) is 0 Å². The van der Waals surface area contributed by atoms with Crippen molar-refractivity contribution in [3.8, 4) is 16.8 Å². The van der Waals surface area contributed by atoms with Crippen molar-refractivity contribution in [2.75, 3.05) is 12.4 Å². The number of aromatic nitrogens is 3. The van der Waals surface area contributed by atoms with Crippen LogP contribution in [0.25, 0.3) is 16.8 Å². The van der Waals surface area contributed by atoms with Crippen molar-refractivity contribution in [3.05, 3.63) is 61.2 Å². The number of hydrogen-bond acceptors (Lipinski definition) is 3. The van der Waals surface area contributed by atoms with Crippen LogP contribution >= 0.6 is 0 Å². The molecule has 0 bridgehead atoms. The van der Waals surface area contributed by atoms with Gasteiger partial charge in [0, 0.05) is 18.8 Å². The first-order valence-electron chi connectivity index (χ1n) is 6.10. The molecular weight excluding hydrogens is 236 g/mol. The van der Waals surface area contributed by atoms with Gasteiger partial charge in [-0.05, 0) is 11.6 Å². The average molecular weight is 250 g/mol. The Morgan fingerprint density at radius 2 is 1.84 bits per heavy atom. The summed E-state index contributed by atoms with van der Waals surface area (Å²) in [6, 6.07) is 12.2. The first-order valence-corrected chi connectivity index (χ1v) is 6.10. The molecule has 0 amide bonds. The Labute approximate surface area is 111 Å². The fraction of sp³-hybridized carbons (Fsp3) is 0.0667. The second-order valence-corrected chi connectivity index (χ2v) is 4.22. The van der Waals surface area contributed by atoms with Crippen molar-refractivity contribution in [2.24, 2.45) is 0 Å². The molecule has 19 heavy (non-hydrogen) atoms. The first-order chi connectivity index (χ1) is 9.36. The van der Waals surface area contributed by atoms with Crippen LogP contribution < -0.4 is 5.32 Å². The molecule has 94 valence electrons. The second-order valence-electron chi connectivity index (χ2n) is 4.22. The zero-order chi connectivity index (χ0) is 13.1. The van der Waals surface area contributed by atoms with Gasteiger partial charge < -0.3 is 5.32 Å². The Bertz CT molecular complexity index is 673. The van der Waals surface area contributed by atoms with Crippen molar-refractivity contribution in [2.45, 2.75) is 0 Å². The summed E-state index contributed by atoms with van der Waals surface area (Å²) in [7, 11) is 1.87. The molecule has 1 N–H and O–H groups in total. The number of anilines is 1. The van der Waals surface area contributed by atoms with E-state index in [0.29, 0.717) is 0 Å². The quantitative estimate of drug-likeness (QED) is 0.777. The van der Waals surface area contributed by atoms with Crippen molar-refractivity contribution in [1.82, 2.24) is 14.8 Å². The Balaban J connectivity index is 1.97. The molecule has 0 radical (unpaired) electrons. The van der Waals surface area contributed by atoms with Gasteiger partial charge >= 0.3 is 0 Å². The number of rotatable bonds is 3. The van der Waals surface area contributed by atoms with Crippen LogP contribution in [0.4, 0.5) is 5.69 Å². The molecular formula is C15H14N4. The largest absolute Gasteiger partial charge is 0.387 e. The fourth-order valence-corrected chi connectivity index (χ4v) is 1.93. The standard InChI is InChI=1S/C15H14N4/c1-16-14-7-15(10-17-9-14)19-11-13(8-18-19)12-5-3-2-4-6-12/h2-11,16H,1H3. The highest BCUT2D eigenvalue weighted by atomic mass is 15.3. The SMILES string of the molecule is CNc1cncc(-n2cc(-c3ccccc3)cn2)c1. The third kappa shape index (κ3) is 2.33. The number of hydrogen-bond donors (Lipinski definition) is 1. The molecule has 2 aromatic heterocycles. The molecule has 0 aliphatic rings. The number of pyridine rings is 1. The third-order valence-corrected chi connectivity index (χ3v) is 2.97. The van der Waals surface area contributed by atoms with Gasteiger partial charge in [-0.15, -0.1) is 0 Å². The minimum Gasteiger partial charge on any atom is -0.387 e. The Morgan fingerprint density at radius 3 is 2.63 bits per heavy atom. The van der Waals surface area contributed by atoms with E-state index in [1.54, 1.807) is 12.4 Å². The highest BCUT2D eigenvalue weighted by molar-refractivity contribution is 5.62. The van der Waals surface area contributed by atoms with Gasteiger partial charge in [0.25, 0.3) is 0 Å². The van der Waals surface area contributed by atoms with Gasteiger partial charge in [0.15, 0.2) is 0 Å². The summed E-state index contributed by atoms with van der Waals surface area (Å²) < 4.78 is 1.83. The molecule has 1 aromatic carbocycles. The van der Waals surface area contributed by atoms with Gasteiger partial charge in [-0.2, -0.15) is 5.10 Å². The number of benzene rings is 1. The molecule has 0 spiro atoms. The maximum Gasteiger partial charge on any atom is 0.0849 e. The van der Waals surface area contributed by atoms with Crippen LogP contribution in [0.1, 0.15) is 0 Å². The van der Waals surface area contributed by atoms with Gasteiger partial charge in [-0.3, -0.25) is 4.98 Å². The predicted octanol–water partition coefficient (Wildman–Crippen LogP) is 2.98. The summed E-state index contributed by atoms with van der Waals surface area (Å²) in [6.45, 7) is 0. The van der Waals surface area contributed by atoms with Crippen LogP contribution in [0.15, 0.2) is 61.2 Å². The molecule has 0 saturated heterocycles. The van der Waals surface area contributed by atoms with E-state index in [-0.39, 0.29) is 0 Å². The van der Waals surface area contributed by atoms with E-state index in [2.05, 4.69) is 27.5 Å². The van der Waals surface area contributed by atoms with Crippen molar-refractivity contribution < 1.29 is 0 Å². The normalized spacial score (nSPS) is 10.4. The molecule has 0 aliphatic heterocycles. The Hall–Kier alpha value is -2.62. The van der Waals surface area contributed by atoms with Crippen LogP contribution in [0.5, 0.6) is 0 Å². The maximum atomic E-state index is 4.39. The zero-order valence-electron chi connectivity index (χ0n) is 10.6. The minimum atomic E-state index is 0.939. The number of nitrogens with one attached hydrogen (secondary N) is 1. The van der Waals surface area contributed by atoms with E-state index in [4.69, 9.17) is 0 Å². The topological polar surface area (TPSA) is 42.7 Å². The lowest BCUT2D eigenvalue weighted by Gasteiger charge is -2.03. The molecule has 0 aliphatic carbocycles. The summed E-state index contributed by atoms with van der Waals surface area (Å²) >= 11 is 0. The average Bonchev–Trinajstić information content (AvgIpc) is 2.98. The van der Waals surface area contributed by atoms with Crippen molar-refractivity contribution >= 4 is 5.69 Å². The van der Waals surface area contributed by atoms with E-state index in [1.807, 2.05) is 48.4 Å². The van der Waals surface area contributed by atoms with E-state index in [1.165, 1.54) is 0 Å². The predicted molar refractivity (Wildman–Crippen MR) is 76.3 cm³/mol. The van der Waals surface area contributed by atoms with E-state index in [0.717, 1.165) is 22.5 Å². The van der Waals surface area contributed by atoms with E-state index in [9.17, 15) is 0 Å². The Kier molecular flexibility index (Phi) is 2.98. The maximum absolute atomic E-state index is 4.39. The molecule has 2 heterocycles. The van der Waals surface area contributed by atoms with Gasteiger partial charge in [0.1, 0.15) is 0 Å². The zero-order valence-corrected chi connectivity index (χ0v) is 10.6. The molecule has 0 saturated carbocycles. The second kappa shape index (κ2) is 4.94. The summed E-state index contributed by atoms with van der Waals surface area (Å²) in [4.78, 5) is 4.19. The molecule has 0 unspecified atom stereocenters. The first kappa shape index (κ1) is 11.5. The molecule has 0 fully saturated rings. The van der Waals surface area contributed by atoms with Crippen LogP contribution in [0, 0.1) is 0 Å². The lowest BCUT2D eigenvalue weighted by molar-refractivity contribution is 0.874. The van der Waals surface area contributed by atoms with Gasteiger partial charge in [0.2, 0.25) is 0 Å². The van der Waals surface area contributed by atoms with Gasteiger partial charge in [-0.1, -0.05) is 30.3 Å². The molecule has 4 nitrogen and oxygen atoms in total. The highest BCUT2D eigenvalue weighted by Crippen LogP contribution is 2.20. The summed E-state index contributed by atoms with van der Waals surface area (Å²) in [6.07, 6.45) is 7.45. The van der Waals surface area contributed by atoms with E-state index < -0.39 is 0 Å². The third-order valence-electron chi connectivity index (χ3n) is 2.97. The lowest BCUT2D eigenvalue weighted by Crippen LogP contribution is -1.97. The van der Waals surface area contributed by atoms with Gasteiger partial charge in [-0.25, -0.2) is 4.68 Å². The van der Waals surface area contributed by atoms with Gasteiger partial charge in [0.05, 0.1) is 30.0 Å². The summed E-state index contributed by atoms with van der Waals surface area (Å²) in [5.41, 5.74) is 4.16. The van der Waals surface area contributed by atoms with Crippen LogP contribution in [-0.4, -0.2) is 21.8 Å². The smallest absolute Gasteiger partial charge is 0.0849 e. The lowest BCUT2D eigenvalue weighted by atomic mass is 10.1. The molecule has 3 aromatic rings. The fourth-order valence-electron chi connectivity index (χ4n) is 1.93. The van der Waals surface area contributed by atoms with Crippen LogP contribution in [0.3, 0.4) is 0 Å². The van der Waals surface area contributed by atoms with Crippen molar-refractivity contribution in [1.29, 1.82) is 0 Å². The highest BCUT2D eigenvalue weighted by Gasteiger charge is 2.03. The monoisotopic (exact) mass is 250 g/mol. The van der Waals surface area contributed by atoms with E-state index >= 15 is 0 Å². The summed E-state index contributed by atoms with van der Waals surface area (Å²) in [5, 5.41) is 7.46. The Morgan fingerprint density at radius 1 is 1.00 bits per heavy atom. The minimum absolute atomic E-state index is 0.939. The van der Waals surface area contributed by atoms with Crippen LogP contribution in [0.2, 0.25) is 0 Å².